The summed E-state index contributed by atoms with van der Waals surface area (Å²) >= 11 is 7.82. The number of ether oxygens (including phenoxy) is 1. The van der Waals surface area contributed by atoms with Crippen molar-refractivity contribution in [2.75, 3.05) is 68.4 Å². The molecule has 60 heavy (non-hydrogen) atoms. The van der Waals surface area contributed by atoms with E-state index in [0.29, 0.717) is 18.8 Å². The number of rotatable bonds is 16. The molecule has 2 atom stereocenters. The summed E-state index contributed by atoms with van der Waals surface area (Å²) in [6, 6.07) is 28.5. The van der Waals surface area contributed by atoms with Gasteiger partial charge in [0.05, 0.1) is 22.5 Å². The molecule has 0 saturated carbocycles. The van der Waals surface area contributed by atoms with Gasteiger partial charge < -0.3 is 20.3 Å². The molecule has 12 nitrogen and oxygen atoms in total. The number of allylic oxidation sites excluding steroid dienone is 1. The number of morpholine rings is 1. The normalized spacial score (nSPS) is 18.4. The van der Waals surface area contributed by atoms with Crippen LogP contribution in [0.1, 0.15) is 60.9 Å². The molecule has 7 rings (SSSR count). The number of halogens is 1. The second-order valence-corrected chi connectivity index (χ2v) is 18.8. The van der Waals surface area contributed by atoms with E-state index in [2.05, 4.69) is 37.3 Å². The SMILES string of the molecule is O=C(NS(=O)(=O)c1ccc(N[C@H](CCC2CNCCO2)CSc2ccccc2)c([N+](=O)[O-])c1)c1ccc(N2CCN(CC3=C(c4ccc(Cl)cc4)CCCCC3)CC2)cc1. The van der Waals surface area contributed by atoms with Gasteiger partial charge in [0.15, 0.2) is 0 Å². The first-order valence-corrected chi connectivity index (χ1v) is 23.6. The third-order valence-corrected chi connectivity index (χ3v) is 14.2. The number of thioether (sulfide) groups is 1. The molecule has 0 spiro atoms. The minimum atomic E-state index is -4.44. The van der Waals surface area contributed by atoms with Gasteiger partial charge in [0, 0.05) is 84.8 Å². The topological polar surface area (TPSA) is 146 Å². The van der Waals surface area contributed by atoms with Crippen molar-refractivity contribution in [3.8, 4) is 0 Å². The van der Waals surface area contributed by atoms with E-state index in [1.54, 1.807) is 23.9 Å². The van der Waals surface area contributed by atoms with Gasteiger partial charge in [-0.15, -0.1) is 11.8 Å². The van der Waals surface area contributed by atoms with E-state index < -0.39 is 26.5 Å². The van der Waals surface area contributed by atoms with E-state index >= 15 is 0 Å². The molecule has 4 aromatic rings. The van der Waals surface area contributed by atoms with Crippen molar-refractivity contribution in [1.29, 1.82) is 0 Å². The van der Waals surface area contributed by atoms with Crippen molar-refractivity contribution in [3.63, 3.8) is 0 Å². The lowest BCUT2D eigenvalue weighted by atomic mass is 9.95. The zero-order valence-corrected chi connectivity index (χ0v) is 36.1. The number of hydrogen-bond acceptors (Lipinski definition) is 11. The highest BCUT2D eigenvalue weighted by molar-refractivity contribution is 7.99. The van der Waals surface area contributed by atoms with Crippen LogP contribution in [-0.2, 0) is 14.8 Å². The molecular formula is C45H53ClN6O6S2. The zero-order chi connectivity index (χ0) is 41.9. The molecule has 2 saturated heterocycles. The Hall–Kier alpha value is -4.44. The van der Waals surface area contributed by atoms with E-state index in [0.717, 1.165) is 86.7 Å². The molecule has 318 valence electrons. The van der Waals surface area contributed by atoms with Crippen LogP contribution in [0.3, 0.4) is 0 Å². The molecule has 1 unspecified atom stereocenters. The summed E-state index contributed by atoms with van der Waals surface area (Å²) in [6.45, 7) is 6.59. The molecule has 0 radical (unpaired) electrons. The fourth-order valence-corrected chi connectivity index (χ4v) is 10.2. The van der Waals surface area contributed by atoms with E-state index in [1.807, 2.05) is 54.6 Å². The predicted octanol–water partition coefficient (Wildman–Crippen LogP) is 8.25. The van der Waals surface area contributed by atoms with Crippen molar-refractivity contribution in [2.45, 2.75) is 66.9 Å². The third kappa shape index (κ3) is 11.9. The summed E-state index contributed by atoms with van der Waals surface area (Å²) in [4.78, 5) is 30.4. The first kappa shape index (κ1) is 43.6. The number of nitro benzene ring substituents is 1. The summed E-state index contributed by atoms with van der Waals surface area (Å²) < 4.78 is 34.9. The van der Waals surface area contributed by atoms with E-state index in [4.69, 9.17) is 16.3 Å². The molecule has 1 aliphatic carbocycles. The molecule has 3 aliphatic rings. The Morgan fingerprint density at radius 1 is 0.950 bits per heavy atom. The van der Waals surface area contributed by atoms with Crippen LogP contribution in [0.25, 0.3) is 5.57 Å². The summed E-state index contributed by atoms with van der Waals surface area (Å²) in [6.07, 6.45) is 7.33. The van der Waals surface area contributed by atoms with Crippen molar-refractivity contribution in [1.82, 2.24) is 14.9 Å². The number of anilines is 2. The highest BCUT2D eigenvalue weighted by atomic mass is 35.5. The Labute approximate surface area is 362 Å². The summed E-state index contributed by atoms with van der Waals surface area (Å²) in [7, 11) is -4.44. The maximum Gasteiger partial charge on any atom is 0.293 e. The van der Waals surface area contributed by atoms with E-state index in [9.17, 15) is 23.3 Å². The Morgan fingerprint density at radius 3 is 2.42 bits per heavy atom. The van der Waals surface area contributed by atoms with Crippen LogP contribution in [0.2, 0.25) is 5.02 Å². The predicted molar refractivity (Wildman–Crippen MR) is 241 cm³/mol. The molecule has 3 N–H and O–H groups in total. The number of carbonyl (C=O) groups excluding carboxylic acids is 1. The number of benzene rings is 4. The van der Waals surface area contributed by atoms with Gasteiger partial charge in [-0.1, -0.05) is 53.9 Å². The van der Waals surface area contributed by atoms with Gasteiger partial charge in [-0.2, -0.15) is 0 Å². The van der Waals surface area contributed by atoms with Gasteiger partial charge in [0.2, 0.25) is 0 Å². The second-order valence-electron chi connectivity index (χ2n) is 15.6. The minimum absolute atomic E-state index is 0.0396. The number of nitro groups is 1. The van der Waals surface area contributed by atoms with Crippen LogP contribution >= 0.6 is 23.4 Å². The fraction of sp³-hybridized carbons (Fsp3) is 0.400. The molecule has 15 heteroatoms. The highest BCUT2D eigenvalue weighted by Gasteiger charge is 2.27. The van der Waals surface area contributed by atoms with Crippen molar-refractivity contribution < 1.29 is 22.9 Å². The lowest BCUT2D eigenvalue weighted by Gasteiger charge is -2.37. The van der Waals surface area contributed by atoms with Crippen LogP contribution in [0.5, 0.6) is 0 Å². The fourth-order valence-electron chi connectivity index (χ4n) is 8.09. The largest absolute Gasteiger partial charge is 0.376 e. The van der Waals surface area contributed by atoms with Crippen LogP contribution in [0.4, 0.5) is 17.1 Å². The maximum atomic E-state index is 13.5. The highest BCUT2D eigenvalue weighted by Crippen LogP contribution is 2.34. The molecular weight excluding hydrogens is 820 g/mol. The molecule has 2 fully saturated rings. The quantitative estimate of drug-likeness (QED) is 0.0569. The third-order valence-electron chi connectivity index (χ3n) is 11.4. The monoisotopic (exact) mass is 872 g/mol. The average Bonchev–Trinajstić information content (AvgIpc) is 3.51. The molecule has 4 aromatic carbocycles. The molecule has 2 aliphatic heterocycles. The summed E-state index contributed by atoms with van der Waals surface area (Å²) in [5.41, 5.74) is 5.17. The number of piperazine rings is 1. The van der Waals surface area contributed by atoms with Gasteiger partial charge in [-0.05, 0) is 110 Å². The number of nitrogens with one attached hydrogen (secondary N) is 3. The number of hydrogen-bond donors (Lipinski definition) is 3. The second kappa shape index (κ2) is 20.9. The van der Waals surface area contributed by atoms with Crippen molar-refractivity contribution >= 4 is 61.9 Å². The Balaban J connectivity index is 0.958. The Morgan fingerprint density at radius 2 is 1.70 bits per heavy atom. The number of sulfonamides is 1. The van der Waals surface area contributed by atoms with Crippen LogP contribution < -0.4 is 20.3 Å². The standard InChI is InChI=1S/C45H53ClN6O6S2/c46-36-15-11-33(12-16-36)42-10-6-1-3-7-35(42)31-50-24-26-51(27-25-50)38-18-13-34(14-19-38)45(53)49-60(56,57)41-21-22-43(44(29-41)52(54)55)48-37(17-20-39-30-47-23-28-58-39)32-59-40-8-4-2-5-9-40/h2,4-5,8-9,11-16,18-19,21-22,29,37,39,47-48H,1,3,6-7,10,17,20,23-28,30-32H2,(H,49,53)/t37-,39?/m1/s1. The molecule has 0 bridgehead atoms. The lowest BCUT2D eigenvalue weighted by molar-refractivity contribution is -0.384. The smallest absolute Gasteiger partial charge is 0.293 e. The van der Waals surface area contributed by atoms with Crippen LogP contribution in [0.15, 0.2) is 112 Å². The average molecular weight is 874 g/mol. The van der Waals surface area contributed by atoms with Gasteiger partial charge in [0.25, 0.3) is 21.6 Å². The Bertz CT molecular complexity index is 2210. The van der Waals surface area contributed by atoms with Gasteiger partial charge in [-0.25, -0.2) is 13.1 Å². The molecule has 0 aromatic heterocycles. The van der Waals surface area contributed by atoms with Crippen LogP contribution in [0, 0.1) is 10.1 Å². The number of nitrogens with zero attached hydrogens (tertiary/aromatic N) is 3. The maximum absolute atomic E-state index is 13.5. The van der Waals surface area contributed by atoms with Gasteiger partial charge >= 0.3 is 0 Å². The minimum Gasteiger partial charge on any atom is -0.376 e. The summed E-state index contributed by atoms with van der Waals surface area (Å²) in [5, 5.41) is 19.7. The molecule has 1 amide bonds. The zero-order valence-electron chi connectivity index (χ0n) is 33.7. The summed E-state index contributed by atoms with van der Waals surface area (Å²) in [5.74, 6) is -0.195. The van der Waals surface area contributed by atoms with Crippen molar-refractivity contribution in [3.05, 3.63) is 129 Å². The van der Waals surface area contributed by atoms with E-state index in [1.165, 1.54) is 48.1 Å². The van der Waals surface area contributed by atoms with Gasteiger partial charge in [0.1, 0.15) is 5.69 Å². The molecule has 2 heterocycles. The lowest BCUT2D eigenvalue weighted by Crippen LogP contribution is -2.47. The first-order chi connectivity index (χ1) is 29.1. The number of amides is 1. The number of carbonyl (C=O) groups is 1. The first-order valence-electron chi connectivity index (χ1n) is 20.8. The van der Waals surface area contributed by atoms with Crippen LogP contribution in [-0.4, -0.2) is 94.5 Å². The van der Waals surface area contributed by atoms with Crippen molar-refractivity contribution in [2.24, 2.45) is 0 Å². The van der Waals surface area contributed by atoms with E-state index in [-0.39, 0.29) is 28.3 Å². The van der Waals surface area contributed by atoms with Gasteiger partial charge in [-0.3, -0.25) is 19.8 Å². The Kier molecular flexibility index (Phi) is 15.2.